The molecule has 0 aliphatic heterocycles. The number of para-hydroxylation sites is 1. The number of aliphatic hydroxyl groups is 6. The van der Waals surface area contributed by atoms with Gasteiger partial charge in [-0.1, -0.05) is 18.2 Å². The van der Waals surface area contributed by atoms with Gasteiger partial charge in [-0.15, -0.1) is 0 Å². The summed E-state index contributed by atoms with van der Waals surface area (Å²) in [5, 5.41) is 65.9. The SMILES string of the molecule is OC[C@H](O)[C@@H](O)[C@H](O)[C@H](O)C(O)Cc1ccccc1O. The summed E-state index contributed by atoms with van der Waals surface area (Å²) in [5.41, 5.74) is 0.364. The number of aromatic hydroxyl groups is 1. The Morgan fingerprint density at radius 1 is 0.800 bits per heavy atom. The predicted octanol–water partition coefficient (Wildman–Crippen LogP) is -2.27. The molecule has 7 N–H and O–H groups in total. The molecule has 7 heteroatoms. The molecular formula is C13H20O7. The van der Waals surface area contributed by atoms with E-state index in [1.165, 1.54) is 12.1 Å². The van der Waals surface area contributed by atoms with E-state index in [1.807, 2.05) is 0 Å². The minimum atomic E-state index is -1.84. The first-order valence-corrected chi connectivity index (χ1v) is 6.16. The molecular weight excluding hydrogens is 268 g/mol. The predicted molar refractivity (Wildman–Crippen MR) is 68.9 cm³/mol. The molecule has 1 aromatic rings. The van der Waals surface area contributed by atoms with Gasteiger partial charge in [0.05, 0.1) is 12.7 Å². The van der Waals surface area contributed by atoms with Gasteiger partial charge < -0.3 is 35.7 Å². The molecule has 0 radical (unpaired) electrons. The Hall–Kier alpha value is -1.22. The monoisotopic (exact) mass is 288 g/mol. The zero-order valence-electron chi connectivity index (χ0n) is 10.7. The maximum absolute atomic E-state index is 9.79. The van der Waals surface area contributed by atoms with Crippen molar-refractivity contribution in [2.45, 2.75) is 36.9 Å². The number of benzene rings is 1. The molecule has 0 aliphatic rings. The van der Waals surface area contributed by atoms with Crippen molar-refractivity contribution in [2.24, 2.45) is 0 Å². The number of hydrogen-bond acceptors (Lipinski definition) is 7. The summed E-state index contributed by atoms with van der Waals surface area (Å²) in [6, 6.07) is 6.18. The average molecular weight is 288 g/mol. The van der Waals surface area contributed by atoms with Crippen LogP contribution in [0.4, 0.5) is 0 Å². The minimum Gasteiger partial charge on any atom is -0.508 e. The van der Waals surface area contributed by atoms with E-state index in [4.69, 9.17) is 10.2 Å². The Labute approximate surface area is 116 Å². The molecule has 0 amide bonds. The molecule has 1 rings (SSSR count). The normalized spacial score (nSPS) is 19.1. The van der Waals surface area contributed by atoms with Crippen LogP contribution >= 0.6 is 0 Å². The van der Waals surface area contributed by atoms with Crippen LogP contribution in [-0.4, -0.2) is 72.9 Å². The van der Waals surface area contributed by atoms with Crippen LogP contribution in [0.5, 0.6) is 5.75 Å². The van der Waals surface area contributed by atoms with E-state index < -0.39 is 37.1 Å². The second-order valence-corrected chi connectivity index (χ2v) is 4.62. The van der Waals surface area contributed by atoms with Crippen molar-refractivity contribution in [3.05, 3.63) is 29.8 Å². The number of phenols is 1. The fourth-order valence-electron chi connectivity index (χ4n) is 1.79. The summed E-state index contributed by atoms with van der Waals surface area (Å²) in [7, 11) is 0. The van der Waals surface area contributed by atoms with Gasteiger partial charge in [-0.3, -0.25) is 0 Å². The lowest BCUT2D eigenvalue weighted by atomic mass is 9.95. The van der Waals surface area contributed by atoms with Gasteiger partial charge in [-0.25, -0.2) is 0 Å². The highest BCUT2D eigenvalue weighted by Gasteiger charge is 2.34. The number of hydrogen-bond donors (Lipinski definition) is 7. The van der Waals surface area contributed by atoms with Crippen molar-refractivity contribution >= 4 is 0 Å². The second-order valence-electron chi connectivity index (χ2n) is 4.62. The first-order chi connectivity index (χ1) is 9.38. The van der Waals surface area contributed by atoms with Crippen LogP contribution in [0, 0.1) is 0 Å². The lowest BCUT2D eigenvalue weighted by Gasteiger charge is -2.28. The minimum absolute atomic E-state index is 0.0656. The molecule has 0 bridgehead atoms. The number of rotatable bonds is 7. The third-order valence-electron chi connectivity index (χ3n) is 3.10. The summed E-state index contributed by atoms with van der Waals surface area (Å²) in [5.74, 6) is -0.0656. The van der Waals surface area contributed by atoms with E-state index in [1.54, 1.807) is 12.1 Å². The highest BCUT2D eigenvalue weighted by atomic mass is 16.4. The van der Waals surface area contributed by atoms with Crippen molar-refractivity contribution in [1.29, 1.82) is 0 Å². The van der Waals surface area contributed by atoms with Gasteiger partial charge in [0.15, 0.2) is 0 Å². The Kier molecular flexibility index (Phi) is 6.34. The lowest BCUT2D eigenvalue weighted by Crippen LogP contribution is -2.50. The molecule has 5 atom stereocenters. The molecule has 0 spiro atoms. The third-order valence-corrected chi connectivity index (χ3v) is 3.10. The van der Waals surface area contributed by atoms with Crippen LogP contribution in [-0.2, 0) is 6.42 Å². The van der Waals surface area contributed by atoms with Crippen molar-refractivity contribution in [2.75, 3.05) is 6.61 Å². The highest BCUT2D eigenvalue weighted by molar-refractivity contribution is 5.32. The molecule has 114 valence electrons. The van der Waals surface area contributed by atoms with Crippen LogP contribution in [0.2, 0.25) is 0 Å². The molecule has 1 unspecified atom stereocenters. The molecule has 0 heterocycles. The molecule has 0 saturated carbocycles. The largest absolute Gasteiger partial charge is 0.508 e. The topological polar surface area (TPSA) is 142 Å². The number of phenolic OH excluding ortho intramolecular Hbond substituents is 1. The quantitative estimate of drug-likeness (QED) is 0.300. The second kappa shape index (κ2) is 7.53. The molecule has 0 aliphatic carbocycles. The van der Waals surface area contributed by atoms with E-state index in [2.05, 4.69) is 0 Å². The van der Waals surface area contributed by atoms with Crippen molar-refractivity contribution in [1.82, 2.24) is 0 Å². The van der Waals surface area contributed by atoms with E-state index in [0.717, 1.165) is 0 Å². The third kappa shape index (κ3) is 4.14. The fourth-order valence-corrected chi connectivity index (χ4v) is 1.79. The molecule has 0 saturated heterocycles. The van der Waals surface area contributed by atoms with Crippen LogP contribution in [0.25, 0.3) is 0 Å². The van der Waals surface area contributed by atoms with E-state index >= 15 is 0 Å². The van der Waals surface area contributed by atoms with Crippen molar-refractivity contribution in [3.8, 4) is 5.75 Å². The zero-order chi connectivity index (χ0) is 15.3. The summed E-state index contributed by atoms with van der Waals surface area (Å²) in [4.78, 5) is 0. The highest BCUT2D eigenvalue weighted by Crippen LogP contribution is 2.19. The molecule has 0 fully saturated rings. The average Bonchev–Trinajstić information content (AvgIpc) is 2.46. The summed E-state index contributed by atoms with van der Waals surface area (Å²) in [6.07, 6.45) is -8.61. The maximum Gasteiger partial charge on any atom is 0.118 e. The molecule has 7 nitrogen and oxygen atoms in total. The van der Waals surface area contributed by atoms with Gasteiger partial charge in [-0.2, -0.15) is 0 Å². The van der Waals surface area contributed by atoms with Gasteiger partial charge in [0.2, 0.25) is 0 Å². The summed E-state index contributed by atoms with van der Waals surface area (Å²) >= 11 is 0. The molecule has 0 aromatic heterocycles. The van der Waals surface area contributed by atoms with Crippen LogP contribution in [0.3, 0.4) is 0 Å². The Bertz CT molecular complexity index is 411. The first-order valence-electron chi connectivity index (χ1n) is 6.16. The first kappa shape index (κ1) is 16.8. The van der Waals surface area contributed by atoms with E-state index in [-0.39, 0.29) is 12.2 Å². The van der Waals surface area contributed by atoms with Crippen molar-refractivity contribution in [3.63, 3.8) is 0 Å². The summed E-state index contributed by atoms with van der Waals surface area (Å²) < 4.78 is 0. The Balaban J connectivity index is 2.67. The van der Waals surface area contributed by atoms with Crippen LogP contribution < -0.4 is 0 Å². The molecule has 20 heavy (non-hydrogen) atoms. The van der Waals surface area contributed by atoms with E-state index in [0.29, 0.717) is 5.56 Å². The zero-order valence-corrected chi connectivity index (χ0v) is 10.7. The van der Waals surface area contributed by atoms with Gasteiger partial charge >= 0.3 is 0 Å². The molecule has 1 aromatic carbocycles. The lowest BCUT2D eigenvalue weighted by molar-refractivity contribution is -0.139. The maximum atomic E-state index is 9.79. The standard InChI is InChI=1S/C13H20O7/c14-6-10(17)12(19)13(20)11(18)9(16)5-7-3-1-2-4-8(7)15/h1-4,9-20H,5-6H2/t9?,10-,11+,12+,13+/m0/s1. The van der Waals surface area contributed by atoms with E-state index in [9.17, 15) is 25.5 Å². The van der Waals surface area contributed by atoms with Gasteiger partial charge in [0.25, 0.3) is 0 Å². The number of aliphatic hydroxyl groups excluding tert-OH is 6. The van der Waals surface area contributed by atoms with Gasteiger partial charge in [-0.05, 0) is 11.6 Å². The van der Waals surface area contributed by atoms with Crippen molar-refractivity contribution < 1.29 is 35.7 Å². The Morgan fingerprint density at radius 2 is 1.35 bits per heavy atom. The van der Waals surface area contributed by atoms with Gasteiger partial charge in [0, 0.05) is 6.42 Å². The van der Waals surface area contributed by atoms with Crippen LogP contribution in [0.1, 0.15) is 5.56 Å². The smallest absolute Gasteiger partial charge is 0.118 e. The Morgan fingerprint density at radius 3 is 1.90 bits per heavy atom. The summed E-state index contributed by atoms with van der Waals surface area (Å²) in [6.45, 7) is -0.791. The fraction of sp³-hybridized carbons (Fsp3) is 0.538. The van der Waals surface area contributed by atoms with Gasteiger partial charge in [0.1, 0.15) is 30.2 Å². The van der Waals surface area contributed by atoms with Crippen LogP contribution in [0.15, 0.2) is 24.3 Å².